The Hall–Kier alpha value is -16.8. The van der Waals surface area contributed by atoms with Crippen molar-refractivity contribution in [3.8, 4) is 136 Å². The Bertz CT molecular complexity index is 8090. The van der Waals surface area contributed by atoms with Crippen LogP contribution in [-0.4, -0.2) is 48.2 Å². The molecule has 0 spiro atoms. The van der Waals surface area contributed by atoms with Crippen molar-refractivity contribution in [2.45, 2.75) is 0 Å². The molecule has 24 aromatic rings. The molecule has 124 heavy (non-hydrogen) atoms. The Labute approximate surface area is 715 Å². The number of benzene rings is 18. The molecule has 0 saturated heterocycles. The first-order chi connectivity index (χ1) is 61.5. The van der Waals surface area contributed by atoms with Crippen molar-refractivity contribution in [1.29, 1.82) is 0 Å². The number of para-hydroxylation sites is 6. The normalized spacial score (nSPS) is 11.5. The fourth-order valence-electron chi connectivity index (χ4n) is 18.2. The highest BCUT2D eigenvalue weighted by Crippen LogP contribution is 2.44. The van der Waals surface area contributed by atoms with E-state index in [1.54, 1.807) is 0 Å². The van der Waals surface area contributed by atoms with Gasteiger partial charge in [0, 0.05) is 99.2 Å². The van der Waals surface area contributed by atoms with Crippen LogP contribution in [0.15, 0.2) is 449 Å². The van der Waals surface area contributed by atoms with Crippen LogP contribution in [0.5, 0.6) is 0 Å². The molecule has 6 aromatic heterocycles. The molecule has 0 amide bonds. The molecule has 0 aliphatic rings. The molecule has 24 rings (SSSR count). The van der Waals surface area contributed by atoms with Gasteiger partial charge in [-0.05, 0) is 172 Å². The van der Waals surface area contributed by atoms with Gasteiger partial charge in [-0.25, -0.2) is 29.9 Å². The second-order valence-electron chi connectivity index (χ2n) is 31.3. The van der Waals surface area contributed by atoms with Crippen LogP contribution in [0.2, 0.25) is 0 Å². The third-order valence-corrected chi connectivity index (χ3v) is 23.9. The summed E-state index contributed by atoms with van der Waals surface area (Å²) in [6, 6.07) is 159. The molecule has 6 heterocycles. The molecule has 0 saturated carbocycles. The van der Waals surface area contributed by atoms with E-state index in [-0.39, 0.29) is 0 Å². The number of aromatic nitrogens is 10. The Morgan fingerprint density at radius 3 is 0.790 bits per heavy atom. The molecule has 0 aliphatic carbocycles. The molecular formula is C114H74N10. The molecule has 0 aliphatic heterocycles. The lowest BCUT2D eigenvalue weighted by molar-refractivity contribution is 1.07. The number of hydrogen-bond acceptors (Lipinski definition) is 6. The van der Waals surface area contributed by atoms with Gasteiger partial charge in [0.1, 0.15) is 0 Å². The fraction of sp³-hybridized carbons (Fsp3) is 0. The molecule has 10 nitrogen and oxygen atoms in total. The molecule has 580 valence electrons. The smallest absolute Gasteiger partial charge is 0.164 e. The Balaban J connectivity index is 0.000000143. The highest BCUT2D eigenvalue weighted by Gasteiger charge is 2.23. The van der Waals surface area contributed by atoms with Crippen LogP contribution < -0.4 is 0 Å². The van der Waals surface area contributed by atoms with Gasteiger partial charge in [0.25, 0.3) is 0 Å². The van der Waals surface area contributed by atoms with E-state index in [1.807, 2.05) is 121 Å². The van der Waals surface area contributed by atoms with E-state index in [0.29, 0.717) is 34.9 Å². The highest BCUT2D eigenvalue weighted by molar-refractivity contribution is 6.17. The summed E-state index contributed by atoms with van der Waals surface area (Å²) in [4.78, 5) is 29.8. The predicted octanol–water partition coefficient (Wildman–Crippen LogP) is 28.8. The molecule has 0 unspecified atom stereocenters. The van der Waals surface area contributed by atoms with Crippen LogP contribution >= 0.6 is 0 Å². The first kappa shape index (κ1) is 72.4. The van der Waals surface area contributed by atoms with Crippen LogP contribution in [0.3, 0.4) is 0 Å². The van der Waals surface area contributed by atoms with E-state index in [2.05, 4.69) is 346 Å². The number of hydrogen-bond donors (Lipinski definition) is 0. The van der Waals surface area contributed by atoms with Crippen LogP contribution in [0.1, 0.15) is 0 Å². The zero-order valence-electron chi connectivity index (χ0n) is 67.2. The number of fused-ring (bicyclic) bond motifs is 12. The lowest BCUT2D eigenvalue weighted by Crippen LogP contribution is -2.00. The summed E-state index contributed by atoms with van der Waals surface area (Å²) in [7, 11) is 0. The minimum atomic E-state index is 0.637. The van der Waals surface area contributed by atoms with Gasteiger partial charge in [-0.2, -0.15) is 0 Å². The maximum atomic E-state index is 5.01. The number of nitrogens with zero attached hydrogens (tertiary/aromatic N) is 10. The standard InChI is InChI=1S/2C57H37N5/c1-4-17-38(18-5-1)55-58-56(39-19-6-2-7-20-39)60-57(59-55)43-23-14-21-40(35-43)41-33-34-52-49(37-41)47-27-10-12-30-50(47)62(52)45-26-15-22-42(36-45)46-29-16-32-53-54(46)48-28-11-13-31-51(48)61(53)44-24-8-3-9-25-44;1-4-15-39(16-5-1)55-58-56(40-17-6-2-7-18-40)60-57(59-55)44-20-14-19-41(35-44)43-30-34-54-50(37-43)48-24-11-13-26-52(48)62(54)46-31-27-38(28-32-46)42-29-33-53-49(36-42)47-23-10-12-25-51(47)61(53)45-21-8-3-9-22-45/h2*1-37H. The molecule has 0 atom stereocenters. The third-order valence-electron chi connectivity index (χ3n) is 23.9. The van der Waals surface area contributed by atoms with Gasteiger partial charge >= 0.3 is 0 Å². The minimum absolute atomic E-state index is 0.637. The Morgan fingerprint density at radius 2 is 0.379 bits per heavy atom. The summed E-state index contributed by atoms with van der Waals surface area (Å²) in [5, 5.41) is 9.80. The summed E-state index contributed by atoms with van der Waals surface area (Å²) >= 11 is 0. The van der Waals surface area contributed by atoms with Crippen LogP contribution in [0, 0.1) is 0 Å². The van der Waals surface area contributed by atoms with Crippen LogP contribution in [0.25, 0.3) is 223 Å². The summed E-state index contributed by atoms with van der Waals surface area (Å²) in [5.41, 5.74) is 28.9. The Kier molecular flexibility index (Phi) is 18.0. The van der Waals surface area contributed by atoms with Crippen molar-refractivity contribution < 1.29 is 0 Å². The molecule has 10 heteroatoms. The fourth-order valence-corrected chi connectivity index (χ4v) is 18.2. The summed E-state index contributed by atoms with van der Waals surface area (Å²) in [6.07, 6.45) is 0. The van der Waals surface area contributed by atoms with Crippen LogP contribution in [-0.2, 0) is 0 Å². The second kappa shape index (κ2) is 30.8. The molecular weight excluding hydrogens is 1510 g/mol. The molecule has 0 radical (unpaired) electrons. The zero-order valence-corrected chi connectivity index (χ0v) is 67.2. The predicted molar refractivity (Wildman–Crippen MR) is 511 cm³/mol. The van der Waals surface area contributed by atoms with Gasteiger partial charge in [0.15, 0.2) is 34.9 Å². The second-order valence-corrected chi connectivity index (χ2v) is 31.3. The largest absolute Gasteiger partial charge is 0.309 e. The first-order valence-corrected chi connectivity index (χ1v) is 41.9. The van der Waals surface area contributed by atoms with E-state index >= 15 is 0 Å². The van der Waals surface area contributed by atoms with E-state index < -0.39 is 0 Å². The van der Waals surface area contributed by atoms with Gasteiger partial charge in [0.05, 0.1) is 44.1 Å². The summed E-state index contributed by atoms with van der Waals surface area (Å²) < 4.78 is 9.53. The van der Waals surface area contributed by atoms with Crippen molar-refractivity contribution in [3.05, 3.63) is 449 Å². The Morgan fingerprint density at radius 1 is 0.129 bits per heavy atom. The van der Waals surface area contributed by atoms with Crippen molar-refractivity contribution >= 4 is 87.2 Å². The molecule has 0 N–H and O–H groups in total. The maximum Gasteiger partial charge on any atom is 0.164 e. The third kappa shape index (κ3) is 13.0. The van der Waals surface area contributed by atoms with E-state index in [0.717, 1.165) is 94.9 Å². The summed E-state index contributed by atoms with van der Waals surface area (Å²) in [6.45, 7) is 0. The van der Waals surface area contributed by atoms with Crippen LogP contribution in [0.4, 0.5) is 0 Å². The lowest BCUT2D eigenvalue weighted by atomic mass is 9.99. The molecule has 0 fully saturated rings. The monoisotopic (exact) mass is 1580 g/mol. The van der Waals surface area contributed by atoms with Gasteiger partial charge in [-0.1, -0.05) is 322 Å². The number of rotatable bonds is 14. The maximum absolute atomic E-state index is 5.01. The van der Waals surface area contributed by atoms with Gasteiger partial charge in [0.2, 0.25) is 0 Å². The van der Waals surface area contributed by atoms with Crippen molar-refractivity contribution in [2.24, 2.45) is 0 Å². The quantitative estimate of drug-likeness (QED) is 0.108. The minimum Gasteiger partial charge on any atom is -0.309 e. The van der Waals surface area contributed by atoms with Crippen molar-refractivity contribution in [1.82, 2.24) is 48.2 Å². The zero-order chi connectivity index (χ0) is 82.0. The average Bonchev–Trinajstić information content (AvgIpc) is 1.70. The molecule has 0 bridgehead atoms. The first-order valence-electron chi connectivity index (χ1n) is 41.9. The van der Waals surface area contributed by atoms with E-state index in [9.17, 15) is 0 Å². The highest BCUT2D eigenvalue weighted by atomic mass is 15.1. The summed E-state index contributed by atoms with van der Waals surface area (Å²) in [5.74, 6) is 3.87. The topological polar surface area (TPSA) is 97.1 Å². The molecule has 18 aromatic carbocycles. The van der Waals surface area contributed by atoms with Crippen molar-refractivity contribution in [2.75, 3.05) is 0 Å². The van der Waals surface area contributed by atoms with Gasteiger partial charge < -0.3 is 18.3 Å². The SMILES string of the molecule is c1ccc(-c2nc(-c3ccccc3)nc(-c3cccc(-c4ccc5c(c4)c4ccccc4n5-c4ccc(-c5ccc6c(c5)c5ccccc5n6-c5ccccc5)cc4)c3)n2)cc1.c1ccc(-c2nc(-c3ccccc3)nc(-c3cccc(-c4ccc5c(c4)c4ccccc4n5-c4cccc(-c5cccc6c5c5ccccc5n6-c5ccccc5)c4)c3)n2)cc1. The van der Waals surface area contributed by atoms with Gasteiger partial charge in [-0.3, -0.25) is 0 Å². The van der Waals surface area contributed by atoms with Crippen molar-refractivity contribution in [3.63, 3.8) is 0 Å². The van der Waals surface area contributed by atoms with E-state index in [1.165, 1.54) is 92.9 Å². The van der Waals surface area contributed by atoms with E-state index in [4.69, 9.17) is 29.9 Å². The lowest BCUT2D eigenvalue weighted by Gasteiger charge is -2.12. The average molecular weight is 1580 g/mol. The van der Waals surface area contributed by atoms with Gasteiger partial charge in [-0.15, -0.1) is 0 Å².